The van der Waals surface area contributed by atoms with Crippen LogP contribution < -0.4 is 10.6 Å². The van der Waals surface area contributed by atoms with E-state index in [2.05, 4.69) is 10.6 Å². The summed E-state index contributed by atoms with van der Waals surface area (Å²) in [5, 5.41) is 13.9. The molecule has 0 bridgehead atoms. The average molecular weight is 218 g/mol. The van der Waals surface area contributed by atoms with Crippen molar-refractivity contribution in [3.63, 3.8) is 0 Å². The lowest BCUT2D eigenvalue weighted by molar-refractivity contribution is -0.138. The van der Waals surface area contributed by atoms with E-state index in [1.165, 1.54) is 0 Å². The monoisotopic (exact) mass is 218 g/mol. The molecule has 15 heavy (non-hydrogen) atoms. The molecule has 1 amide bonds. The van der Waals surface area contributed by atoms with Crippen molar-refractivity contribution < 1.29 is 14.7 Å². The Bertz CT molecular complexity index is 172. The molecule has 0 heterocycles. The van der Waals surface area contributed by atoms with Crippen molar-refractivity contribution in [2.45, 2.75) is 33.6 Å². The molecule has 0 aromatic heterocycles. The van der Waals surface area contributed by atoms with Gasteiger partial charge in [0.2, 0.25) is 5.91 Å². The molecule has 0 fully saturated rings. The van der Waals surface area contributed by atoms with Gasteiger partial charge in [-0.3, -0.25) is 9.59 Å². The van der Waals surface area contributed by atoms with Crippen molar-refractivity contribution in [3.8, 4) is 0 Å². The van der Waals surface area contributed by atoms with Crippen molar-refractivity contribution in [3.05, 3.63) is 0 Å². The second kappa shape index (κ2) is 12.9. The van der Waals surface area contributed by atoms with E-state index < -0.39 is 5.97 Å². The first-order valence-electron chi connectivity index (χ1n) is 5.36. The summed E-state index contributed by atoms with van der Waals surface area (Å²) >= 11 is 0. The smallest absolute Gasteiger partial charge is 0.303 e. The molecule has 0 atom stereocenters. The zero-order chi connectivity index (χ0) is 12.1. The summed E-state index contributed by atoms with van der Waals surface area (Å²) in [6.45, 7) is 8.11. The Hall–Kier alpha value is -1.10. The van der Waals surface area contributed by atoms with E-state index in [0.717, 1.165) is 13.1 Å². The van der Waals surface area contributed by atoms with E-state index in [1.54, 1.807) is 0 Å². The first kappa shape index (κ1) is 16.3. The van der Waals surface area contributed by atoms with Crippen LogP contribution in [0.3, 0.4) is 0 Å². The molecule has 3 N–H and O–H groups in total. The van der Waals surface area contributed by atoms with Gasteiger partial charge in [0.15, 0.2) is 0 Å². The highest BCUT2D eigenvalue weighted by Gasteiger charge is 2.03. The normalized spacial score (nSPS) is 8.73. The Morgan fingerprint density at radius 2 is 1.73 bits per heavy atom. The Morgan fingerprint density at radius 1 is 1.13 bits per heavy atom. The van der Waals surface area contributed by atoms with Gasteiger partial charge in [0.25, 0.3) is 0 Å². The van der Waals surface area contributed by atoms with Crippen LogP contribution in [0.4, 0.5) is 0 Å². The van der Waals surface area contributed by atoms with E-state index in [9.17, 15) is 9.59 Å². The van der Waals surface area contributed by atoms with Crippen LogP contribution in [0, 0.1) is 0 Å². The fraction of sp³-hybridized carbons (Fsp3) is 0.800. The van der Waals surface area contributed by atoms with Gasteiger partial charge < -0.3 is 15.7 Å². The lowest BCUT2D eigenvalue weighted by Gasteiger charge is -2.03. The zero-order valence-electron chi connectivity index (χ0n) is 9.80. The molecule has 90 valence electrons. The summed E-state index contributed by atoms with van der Waals surface area (Å²) in [4.78, 5) is 21.0. The summed E-state index contributed by atoms with van der Waals surface area (Å²) in [5.41, 5.74) is 0. The lowest BCUT2D eigenvalue weighted by Crippen LogP contribution is -2.31. The molecule has 0 aliphatic rings. The van der Waals surface area contributed by atoms with Crippen LogP contribution in [0.1, 0.15) is 33.6 Å². The largest absolute Gasteiger partial charge is 0.481 e. The van der Waals surface area contributed by atoms with Crippen LogP contribution in [-0.4, -0.2) is 36.6 Å². The number of nitrogens with one attached hydrogen (secondary N) is 2. The van der Waals surface area contributed by atoms with E-state index in [4.69, 9.17) is 5.11 Å². The zero-order valence-corrected chi connectivity index (χ0v) is 9.80. The maximum atomic E-state index is 10.9. The number of hydrogen-bond donors (Lipinski definition) is 3. The van der Waals surface area contributed by atoms with Gasteiger partial charge in [-0.25, -0.2) is 0 Å². The fourth-order valence-corrected chi connectivity index (χ4v) is 0.776. The number of carboxylic acid groups (broad SMARTS) is 1. The minimum atomic E-state index is -0.943. The molecule has 0 saturated heterocycles. The van der Waals surface area contributed by atoms with Crippen LogP contribution in [0.15, 0.2) is 0 Å². The molecule has 0 spiro atoms. The molecule has 0 aromatic rings. The van der Waals surface area contributed by atoms with Gasteiger partial charge >= 0.3 is 5.97 Å². The van der Waals surface area contributed by atoms with Crippen LogP contribution in [0.5, 0.6) is 0 Å². The van der Waals surface area contributed by atoms with Crippen molar-refractivity contribution in [1.29, 1.82) is 0 Å². The number of aliphatic carboxylic acids is 1. The number of carbonyl (C=O) groups is 2. The number of carboxylic acids is 1. The molecule has 0 saturated carbocycles. The van der Waals surface area contributed by atoms with Gasteiger partial charge in [0, 0.05) is 19.5 Å². The van der Waals surface area contributed by atoms with Crippen LogP contribution in [0.2, 0.25) is 0 Å². The van der Waals surface area contributed by atoms with Crippen LogP contribution in [-0.2, 0) is 9.59 Å². The second-order valence-electron chi connectivity index (χ2n) is 2.60. The maximum absolute atomic E-state index is 10.9. The van der Waals surface area contributed by atoms with Gasteiger partial charge in [-0.1, -0.05) is 20.8 Å². The minimum absolute atomic E-state index is 0.0570. The van der Waals surface area contributed by atoms with Crippen molar-refractivity contribution in [2.24, 2.45) is 0 Å². The van der Waals surface area contributed by atoms with E-state index in [1.807, 2.05) is 20.8 Å². The first-order chi connectivity index (χ1) is 7.16. The summed E-state index contributed by atoms with van der Waals surface area (Å²) in [5.74, 6) is -1.15. The molecule has 0 unspecified atom stereocenters. The van der Waals surface area contributed by atoms with Gasteiger partial charge in [-0.05, 0) is 6.54 Å². The molecule has 0 aliphatic heterocycles. The van der Waals surface area contributed by atoms with Crippen molar-refractivity contribution in [2.75, 3.05) is 19.6 Å². The first-order valence-corrected chi connectivity index (χ1v) is 5.36. The molecule has 5 heteroatoms. The van der Waals surface area contributed by atoms with Gasteiger partial charge in [-0.2, -0.15) is 0 Å². The molecule has 0 radical (unpaired) electrons. The number of likely N-dealkylation sites (N-methyl/N-ethyl adjacent to an activating group) is 1. The predicted octanol–water partition coefficient (Wildman–Crippen LogP) is 0.603. The number of amides is 1. The van der Waals surface area contributed by atoms with Crippen molar-refractivity contribution >= 4 is 11.9 Å². The van der Waals surface area contributed by atoms with Crippen molar-refractivity contribution in [1.82, 2.24) is 10.6 Å². The molecular weight excluding hydrogens is 196 g/mol. The topological polar surface area (TPSA) is 78.4 Å². The highest BCUT2D eigenvalue weighted by atomic mass is 16.4. The SMILES string of the molecule is CC.CCNCCNC(=O)CCC(=O)O. The molecular formula is C10H22N2O3. The van der Waals surface area contributed by atoms with Crippen LogP contribution >= 0.6 is 0 Å². The Morgan fingerprint density at radius 3 is 2.20 bits per heavy atom. The van der Waals surface area contributed by atoms with Crippen LogP contribution in [0.25, 0.3) is 0 Å². The molecule has 5 nitrogen and oxygen atoms in total. The molecule has 0 rings (SSSR count). The molecule has 0 aliphatic carbocycles. The van der Waals surface area contributed by atoms with E-state index in [0.29, 0.717) is 6.54 Å². The number of hydrogen-bond acceptors (Lipinski definition) is 3. The minimum Gasteiger partial charge on any atom is -0.481 e. The third kappa shape index (κ3) is 15.6. The summed E-state index contributed by atoms with van der Waals surface area (Å²) in [7, 11) is 0. The van der Waals surface area contributed by atoms with E-state index >= 15 is 0 Å². The Balaban J connectivity index is 0. The Kier molecular flexibility index (Phi) is 14.0. The van der Waals surface area contributed by atoms with Gasteiger partial charge in [-0.15, -0.1) is 0 Å². The highest BCUT2D eigenvalue weighted by molar-refractivity contribution is 5.80. The lowest BCUT2D eigenvalue weighted by atomic mass is 10.3. The summed E-state index contributed by atoms with van der Waals surface area (Å²) < 4.78 is 0. The number of carbonyl (C=O) groups excluding carboxylic acids is 1. The quantitative estimate of drug-likeness (QED) is 0.547. The average Bonchev–Trinajstić information content (AvgIpc) is 2.24. The maximum Gasteiger partial charge on any atom is 0.303 e. The molecule has 0 aromatic carbocycles. The fourth-order valence-electron chi connectivity index (χ4n) is 0.776. The third-order valence-corrected chi connectivity index (χ3v) is 1.44. The summed E-state index contributed by atoms with van der Waals surface area (Å²) in [6, 6.07) is 0. The predicted molar refractivity (Wildman–Crippen MR) is 59.8 cm³/mol. The standard InChI is InChI=1S/C8H16N2O3.C2H6/c1-2-9-5-6-10-7(11)3-4-8(12)13;1-2/h9H,2-6H2,1H3,(H,10,11)(H,12,13);1-2H3. The van der Waals surface area contributed by atoms with Gasteiger partial charge in [0.1, 0.15) is 0 Å². The third-order valence-electron chi connectivity index (χ3n) is 1.44. The Labute approximate surface area is 91.2 Å². The van der Waals surface area contributed by atoms with E-state index in [-0.39, 0.29) is 18.7 Å². The second-order valence-corrected chi connectivity index (χ2v) is 2.60. The summed E-state index contributed by atoms with van der Waals surface area (Å²) in [6.07, 6.45) is -0.0471. The number of rotatable bonds is 7. The van der Waals surface area contributed by atoms with Gasteiger partial charge in [0.05, 0.1) is 6.42 Å². The highest BCUT2D eigenvalue weighted by Crippen LogP contribution is 1.87.